The number of hydrogen-bond acceptors (Lipinski definition) is 4. The summed E-state index contributed by atoms with van der Waals surface area (Å²) in [4.78, 5) is 37.7. The van der Waals surface area contributed by atoms with Crippen LogP contribution in [0.15, 0.2) is 48.5 Å². The summed E-state index contributed by atoms with van der Waals surface area (Å²) >= 11 is 0. The van der Waals surface area contributed by atoms with Crippen molar-refractivity contribution in [2.75, 3.05) is 6.61 Å². The summed E-state index contributed by atoms with van der Waals surface area (Å²) in [5, 5.41) is 15.2. The molecule has 0 aromatic heterocycles. The standard InChI is InChI=1S/C28H34N2O5/c1-4-17(2)24(25(31)32)30-26(33)28(3)15-9-14-23(28)29-27(34)35-16-22-20-12-7-5-10-18(20)19-11-6-8-13-21(19)22/h5-8,10-13,17,22-24H,4,9,14-16H2,1-3H3,(H,29,34)(H,30,33)(H,31,32)/t17?,23?,24-,28?/m0/s1. The molecule has 0 saturated heterocycles. The summed E-state index contributed by atoms with van der Waals surface area (Å²) in [5.41, 5.74) is 3.69. The van der Waals surface area contributed by atoms with Gasteiger partial charge in [0.1, 0.15) is 12.6 Å². The number of aliphatic carboxylic acids is 1. The molecule has 7 nitrogen and oxygen atoms in total. The third kappa shape index (κ3) is 4.77. The lowest BCUT2D eigenvalue weighted by atomic mass is 9.83. The van der Waals surface area contributed by atoms with Crippen LogP contribution in [0.3, 0.4) is 0 Å². The minimum atomic E-state index is -1.05. The fourth-order valence-corrected chi connectivity index (χ4v) is 5.44. The number of hydrogen-bond donors (Lipinski definition) is 3. The molecule has 0 heterocycles. The quantitative estimate of drug-likeness (QED) is 0.510. The number of carboxylic acids is 1. The van der Waals surface area contributed by atoms with Gasteiger partial charge in [0.25, 0.3) is 0 Å². The van der Waals surface area contributed by atoms with Crippen LogP contribution in [-0.4, -0.2) is 41.8 Å². The van der Waals surface area contributed by atoms with Gasteiger partial charge in [-0.15, -0.1) is 0 Å². The predicted molar refractivity (Wildman–Crippen MR) is 133 cm³/mol. The Bertz CT molecular complexity index is 1070. The van der Waals surface area contributed by atoms with Gasteiger partial charge in [-0.3, -0.25) is 4.79 Å². The molecule has 0 aliphatic heterocycles. The Labute approximate surface area is 206 Å². The number of rotatable bonds is 8. The number of carbonyl (C=O) groups is 3. The van der Waals surface area contributed by atoms with Crippen molar-refractivity contribution in [2.24, 2.45) is 11.3 Å². The van der Waals surface area contributed by atoms with Crippen molar-refractivity contribution in [3.8, 4) is 11.1 Å². The molecule has 186 valence electrons. The van der Waals surface area contributed by atoms with Crippen molar-refractivity contribution in [1.29, 1.82) is 0 Å². The van der Waals surface area contributed by atoms with Crippen molar-refractivity contribution in [3.05, 3.63) is 59.7 Å². The monoisotopic (exact) mass is 478 g/mol. The summed E-state index contributed by atoms with van der Waals surface area (Å²) in [5.74, 6) is -1.63. The number of carboxylic acid groups (broad SMARTS) is 1. The first kappa shape index (κ1) is 24.8. The molecule has 35 heavy (non-hydrogen) atoms. The van der Waals surface area contributed by atoms with Gasteiger partial charge in [-0.05, 0) is 47.9 Å². The van der Waals surface area contributed by atoms with E-state index in [1.165, 1.54) is 0 Å². The lowest BCUT2D eigenvalue weighted by molar-refractivity contribution is -0.145. The van der Waals surface area contributed by atoms with Crippen LogP contribution in [0.2, 0.25) is 0 Å². The Morgan fingerprint density at radius 1 is 1.09 bits per heavy atom. The van der Waals surface area contributed by atoms with Crippen LogP contribution in [0.5, 0.6) is 0 Å². The molecule has 3 N–H and O–H groups in total. The highest BCUT2D eigenvalue weighted by molar-refractivity contribution is 5.88. The van der Waals surface area contributed by atoms with E-state index < -0.39 is 29.6 Å². The van der Waals surface area contributed by atoms with E-state index in [0.717, 1.165) is 28.7 Å². The van der Waals surface area contributed by atoms with Gasteiger partial charge in [0, 0.05) is 12.0 Å². The predicted octanol–water partition coefficient (Wildman–Crippen LogP) is 4.70. The first-order valence-electron chi connectivity index (χ1n) is 12.4. The zero-order valence-electron chi connectivity index (χ0n) is 20.5. The van der Waals surface area contributed by atoms with Gasteiger partial charge >= 0.3 is 12.1 Å². The lowest BCUT2D eigenvalue weighted by Crippen LogP contribution is -2.55. The molecule has 3 unspecified atom stereocenters. The average molecular weight is 479 g/mol. The van der Waals surface area contributed by atoms with E-state index in [1.807, 2.05) is 38.1 Å². The molecule has 1 saturated carbocycles. The Morgan fingerprint density at radius 3 is 2.26 bits per heavy atom. The van der Waals surface area contributed by atoms with Crippen molar-refractivity contribution in [3.63, 3.8) is 0 Å². The van der Waals surface area contributed by atoms with Crippen LogP contribution in [0, 0.1) is 11.3 Å². The summed E-state index contributed by atoms with van der Waals surface area (Å²) in [6, 6.07) is 14.9. The third-order valence-electron chi connectivity index (χ3n) is 7.88. The van der Waals surface area contributed by atoms with Crippen molar-refractivity contribution >= 4 is 18.0 Å². The lowest BCUT2D eigenvalue weighted by Gasteiger charge is -2.33. The van der Waals surface area contributed by atoms with Gasteiger partial charge in [0.15, 0.2) is 0 Å². The highest BCUT2D eigenvalue weighted by Crippen LogP contribution is 2.44. The van der Waals surface area contributed by atoms with Crippen LogP contribution in [-0.2, 0) is 14.3 Å². The summed E-state index contributed by atoms with van der Waals surface area (Å²) in [6.07, 6.45) is 2.04. The Kier molecular flexibility index (Phi) is 7.15. The molecular weight excluding hydrogens is 444 g/mol. The van der Waals surface area contributed by atoms with E-state index in [0.29, 0.717) is 19.3 Å². The molecule has 0 radical (unpaired) electrons. The van der Waals surface area contributed by atoms with E-state index in [1.54, 1.807) is 6.92 Å². The van der Waals surface area contributed by atoms with Crippen molar-refractivity contribution in [2.45, 2.75) is 64.5 Å². The molecule has 2 amide bonds. The number of amides is 2. The Balaban J connectivity index is 1.41. The molecule has 4 atom stereocenters. The molecule has 0 bridgehead atoms. The Hall–Kier alpha value is -3.35. The second-order valence-corrected chi connectivity index (χ2v) is 10.0. The minimum Gasteiger partial charge on any atom is -0.480 e. The maximum absolute atomic E-state index is 13.2. The molecule has 2 aromatic carbocycles. The van der Waals surface area contributed by atoms with Gasteiger partial charge < -0.3 is 20.5 Å². The van der Waals surface area contributed by atoms with Gasteiger partial charge in [-0.2, -0.15) is 0 Å². The topological polar surface area (TPSA) is 105 Å². The molecule has 2 aromatic rings. The van der Waals surface area contributed by atoms with Gasteiger partial charge in [-0.25, -0.2) is 9.59 Å². The molecule has 7 heteroatoms. The summed E-state index contributed by atoms with van der Waals surface area (Å²) < 4.78 is 5.67. The molecule has 2 aliphatic rings. The first-order valence-corrected chi connectivity index (χ1v) is 12.4. The third-order valence-corrected chi connectivity index (χ3v) is 7.88. The molecule has 1 fully saturated rings. The number of carbonyl (C=O) groups excluding carboxylic acids is 2. The van der Waals surface area contributed by atoms with Crippen molar-refractivity contribution in [1.82, 2.24) is 10.6 Å². The van der Waals surface area contributed by atoms with E-state index in [4.69, 9.17) is 4.74 Å². The van der Waals surface area contributed by atoms with Crippen LogP contribution >= 0.6 is 0 Å². The number of alkyl carbamates (subject to hydrolysis) is 1. The Morgan fingerprint density at radius 2 is 1.69 bits per heavy atom. The zero-order valence-corrected chi connectivity index (χ0v) is 20.5. The second-order valence-electron chi connectivity index (χ2n) is 10.0. The fraction of sp³-hybridized carbons (Fsp3) is 0.464. The fourth-order valence-electron chi connectivity index (χ4n) is 5.44. The SMILES string of the molecule is CCC(C)[C@H](NC(=O)C1(C)CCCC1NC(=O)OCC1c2ccccc2-c2ccccc21)C(=O)O. The number of fused-ring (bicyclic) bond motifs is 3. The second kappa shape index (κ2) is 10.1. The van der Waals surface area contributed by atoms with Gasteiger partial charge in [0.05, 0.1) is 5.41 Å². The van der Waals surface area contributed by atoms with E-state index in [-0.39, 0.29) is 24.3 Å². The van der Waals surface area contributed by atoms with Gasteiger partial charge in [0.2, 0.25) is 5.91 Å². The molecule has 2 aliphatic carbocycles. The number of ether oxygens (including phenoxy) is 1. The highest BCUT2D eigenvalue weighted by atomic mass is 16.5. The number of nitrogens with one attached hydrogen (secondary N) is 2. The molecule has 0 spiro atoms. The van der Waals surface area contributed by atoms with Crippen LogP contribution in [0.25, 0.3) is 11.1 Å². The maximum atomic E-state index is 13.2. The summed E-state index contributed by atoms with van der Waals surface area (Å²) in [6.45, 7) is 5.69. The van der Waals surface area contributed by atoms with Crippen LogP contribution in [0.4, 0.5) is 4.79 Å². The average Bonchev–Trinajstić information content (AvgIpc) is 3.38. The molecular formula is C28H34N2O5. The number of benzene rings is 2. The van der Waals surface area contributed by atoms with Gasteiger partial charge in [-0.1, -0.05) is 75.2 Å². The zero-order chi connectivity index (χ0) is 25.2. The summed E-state index contributed by atoms with van der Waals surface area (Å²) in [7, 11) is 0. The van der Waals surface area contributed by atoms with Crippen LogP contribution < -0.4 is 10.6 Å². The minimum absolute atomic E-state index is 0.0433. The maximum Gasteiger partial charge on any atom is 0.407 e. The normalized spacial score (nSPS) is 22.5. The highest BCUT2D eigenvalue weighted by Gasteiger charge is 2.47. The van der Waals surface area contributed by atoms with E-state index in [9.17, 15) is 19.5 Å². The first-order chi connectivity index (χ1) is 16.8. The van der Waals surface area contributed by atoms with E-state index >= 15 is 0 Å². The van der Waals surface area contributed by atoms with E-state index in [2.05, 4.69) is 34.9 Å². The molecule has 4 rings (SSSR count). The van der Waals surface area contributed by atoms with Crippen molar-refractivity contribution < 1.29 is 24.2 Å². The smallest absolute Gasteiger partial charge is 0.407 e. The van der Waals surface area contributed by atoms with Crippen LogP contribution in [0.1, 0.15) is 63.5 Å². The largest absolute Gasteiger partial charge is 0.480 e.